The van der Waals surface area contributed by atoms with E-state index in [0.29, 0.717) is 18.3 Å². The Kier molecular flexibility index (Phi) is 5.73. The lowest BCUT2D eigenvalue weighted by Gasteiger charge is -2.64. The van der Waals surface area contributed by atoms with E-state index in [1.54, 1.807) is 19.4 Å². The molecular formula is C30H48O5. The Labute approximate surface area is 211 Å². The Hall–Kier alpha value is -0.910. The van der Waals surface area contributed by atoms with Gasteiger partial charge >= 0.3 is 5.97 Å². The minimum absolute atomic E-state index is 0.0144. The lowest BCUT2D eigenvalue weighted by Crippen LogP contribution is -2.58. The second-order valence-electron chi connectivity index (χ2n) is 14.7. The van der Waals surface area contributed by atoms with E-state index >= 15 is 0 Å². The van der Waals surface area contributed by atoms with Crippen LogP contribution in [-0.2, 0) is 9.53 Å². The van der Waals surface area contributed by atoms with Crippen LogP contribution in [0.15, 0.2) is 11.6 Å². The van der Waals surface area contributed by atoms with Gasteiger partial charge in [-0.25, -0.2) is 0 Å². The maximum atomic E-state index is 13.1. The highest BCUT2D eigenvalue weighted by atomic mass is 16.6. The van der Waals surface area contributed by atoms with E-state index in [2.05, 4.69) is 40.7 Å². The molecule has 0 unspecified atom stereocenters. The van der Waals surface area contributed by atoms with Crippen LogP contribution >= 0.6 is 0 Å². The van der Waals surface area contributed by atoms with Gasteiger partial charge in [0.25, 0.3) is 0 Å². The second kappa shape index (κ2) is 7.80. The highest BCUT2D eigenvalue weighted by molar-refractivity contribution is 5.75. The summed E-state index contributed by atoms with van der Waals surface area (Å²) in [7, 11) is 0. The summed E-state index contributed by atoms with van der Waals surface area (Å²) in [5, 5.41) is 31.7. The Morgan fingerprint density at radius 3 is 2.40 bits per heavy atom. The number of hydrogen-bond donors (Lipinski definition) is 3. The quantitative estimate of drug-likeness (QED) is 0.384. The number of esters is 1. The van der Waals surface area contributed by atoms with E-state index < -0.39 is 17.8 Å². The molecule has 1 heterocycles. The minimum atomic E-state index is -1.30. The molecule has 35 heavy (non-hydrogen) atoms. The molecule has 4 fully saturated rings. The molecule has 5 aliphatic rings. The number of carbonyl (C=O) groups excluding carboxylic acids is 1. The molecule has 1 aliphatic heterocycles. The fourth-order valence-corrected chi connectivity index (χ4v) is 9.99. The van der Waals surface area contributed by atoms with Gasteiger partial charge in [0, 0.05) is 6.42 Å². The van der Waals surface area contributed by atoms with Crippen LogP contribution in [0, 0.1) is 45.3 Å². The van der Waals surface area contributed by atoms with E-state index in [0.717, 1.165) is 44.9 Å². The molecular weight excluding hydrogens is 440 g/mol. The molecule has 0 spiro atoms. The number of cyclic esters (lactones) is 1. The number of allylic oxidation sites excluding steroid dienone is 2. The van der Waals surface area contributed by atoms with Crippen LogP contribution in [0.25, 0.3) is 0 Å². The highest BCUT2D eigenvalue weighted by Crippen LogP contribution is 2.73. The zero-order chi connectivity index (χ0) is 25.8. The predicted octanol–water partition coefficient (Wildman–Crippen LogP) is 5.02. The smallest absolute Gasteiger partial charge is 0.309 e. The topological polar surface area (TPSA) is 87.0 Å². The fourth-order valence-electron chi connectivity index (χ4n) is 9.99. The summed E-state index contributed by atoms with van der Waals surface area (Å²) in [4.78, 5) is 13.1. The molecule has 4 aliphatic carbocycles. The number of aliphatic hydroxyl groups excluding tert-OH is 2. The van der Waals surface area contributed by atoms with Crippen LogP contribution < -0.4 is 0 Å². The summed E-state index contributed by atoms with van der Waals surface area (Å²) < 4.78 is 5.67. The van der Waals surface area contributed by atoms with Gasteiger partial charge in [0.05, 0.1) is 17.6 Å². The normalized spacial score (nSPS) is 50.0. The zero-order valence-electron chi connectivity index (χ0n) is 22.9. The van der Waals surface area contributed by atoms with Crippen molar-refractivity contribution in [1.82, 2.24) is 0 Å². The van der Waals surface area contributed by atoms with Crippen LogP contribution in [0.3, 0.4) is 0 Å². The molecule has 0 aromatic carbocycles. The van der Waals surface area contributed by atoms with Gasteiger partial charge in [0.15, 0.2) is 0 Å². The molecule has 0 aromatic heterocycles. The zero-order valence-corrected chi connectivity index (χ0v) is 22.9. The van der Waals surface area contributed by atoms with Gasteiger partial charge in [-0.05, 0) is 98.2 Å². The van der Waals surface area contributed by atoms with Gasteiger partial charge in [-0.3, -0.25) is 4.79 Å². The molecule has 5 nitrogen and oxygen atoms in total. The van der Waals surface area contributed by atoms with E-state index in [9.17, 15) is 20.1 Å². The molecule has 10 atom stereocenters. The highest BCUT2D eigenvalue weighted by Gasteiger charge is 2.67. The van der Waals surface area contributed by atoms with Crippen molar-refractivity contribution in [2.24, 2.45) is 45.3 Å². The average molecular weight is 489 g/mol. The minimum Gasteiger partial charge on any atom is -0.459 e. The van der Waals surface area contributed by atoms with Crippen LogP contribution in [0.2, 0.25) is 0 Å². The van der Waals surface area contributed by atoms with Crippen molar-refractivity contribution in [1.29, 1.82) is 0 Å². The van der Waals surface area contributed by atoms with Crippen molar-refractivity contribution < 1.29 is 24.9 Å². The Morgan fingerprint density at radius 2 is 1.74 bits per heavy atom. The third-order valence-corrected chi connectivity index (χ3v) is 12.5. The van der Waals surface area contributed by atoms with Gasteiger partial charge < -0.3 is 20.1 Å². The van der Waals surface area contributed by atoms with Gasteiger partial charge in [-0.15, -0.1) is 0 Å². The molecule has 5 heteroatoms. The first kappa shape index (κ1) is 25.7. The molecule has 3 N–H and O–H groups in total. The Morgan fingerprint density at radius 1 is 1.06 bits per heavy atom. The standard InChI is InChI=1S/C30H48O5/c1-26(2)22-9-8-20-19(28(22,5)13-12-23(26)31)11-15-29(6)18(10-14-30(20,29)7)17-16-21(35-25(17)33)24(32)27(3,4)34/h8,17-19,21-24,31-32,34H,9-16H2,1-7H3/t17-,18-,19-,21+,22-,23-,24-,28+,29-,30+/m0/s1. The fraction of sp³-hybridized carbons (Fsp3) is 0.900. The van der Waals surface area contributed by atoms with Crippen molar-refractivity contribution in [3.05, 3.63) is 11.6 Å². The second-order valence-corrected chi connectivity index (χ2v) is 14.7. The van der Waals surface area contributed by atoms with E-state index in [-0.39, 0.29) is 45.6 Å². The number of ether oxygens (including phenoxy) is 1. The SMILES string of the molecule is CC(C)(O)[C@@H](O)[C@H]1C[C@@H]([C@@H]2CC[C@]3(C)C4=CC[C@H]5C(C)(C)[C@@H](O)CC[C@]5(C)[C@H]4CC[C@@]23C)C(=O)O1. The first-order valence-electron chi connectivity index (χ1n) is 14.1. The maximum Gasteiger partial charge on any atom is 0.309 e. The van der Waals surface area contributed by atoms with E-state index in [1.165, 1.54) is 0 Å². The summed E-state index contributed by atoms with van der Waals surface area (Å²) in [6, 6.07) is 0. The summed E-state index contributed by atoms with van der Waals surface area (Å²) in [5.74, 6) is 0.868. The lowest BCUT2D eigenvalue weighted by atomic mass is 9.41. The molecule has 3 saturated carbocycles. The van der Waals surface area contributed by atoms with Crippen molar-refractivity contribution in [2.75, 3.05) is 0 Å². The largest absolute Gasteiger partial charge is 0.459 e. The maximum absolute atomic E-state index is 13.1. The summed E-state index contributed by atoms with van der Waals surface area (Å²) in [6.45, 7) is 15.1. The van der Waals surface area contributed by atoms with E-state index in [4.69, 9.17) is 4.74 Å². The first-order valence-corrected chi connectivity index (χ1v) is 14.1. The predicted molar refractivity (Wildman–Crippen MR) is 135 cm³/mol. The number of aliphatic hydroxyl groups is 3. The number of hydrogen-bond acceptors (Lipinski definition) is 5. The molecule has 0 amide bonds. The lowest BCUT2D eigenvalue weighted by molar-refractivity contribution is -0.157. The van der Waals surface area contributed by atoms with Crippen LogP contribution in [0.5, 0.6) is 0 Å². The number of rotatable bonds is 3. The molecule has 198 valence electrons. The number of fused-ring (bicyclic) bond motifs is 5. The monoisotopic (exact) mass is 488 g/mol. The molecule has 0 aromatic rings. The van der Waals surface area contributed by atoms with Gasteiger partial charge in [0.1, 0.15) is 12.2 Å². The van der Waals surface area contributed by atoms with Gasteiger partial charge in [-0.1, -0.05) is 46.3 Å². The summed E-state index contributed by atoms with van der Waals surface area (Å²) in [5.41, 5.74) is 0.538. The molecule has 0 radical (unpaired) electrons. The van der Waals surface area contributed by atoms with Crippen molar-refractivity contribution in [3.8, 4) is 0 Å². The van der Waals surface area contributed by atoms with Crippen molar-refractivity contribution in [2.45, 2.75) is 124 Å². The molecule has 5 rings (SSSR count). The van der Waals surface area contributed by atoms with Gasteiger partial charge in [-0.2, -0.15) is 0 Å². The first-order chi connectivity index (χ1) is 16.1. The number of carbonyl (C=O) groups is 1. The third-order valence-electron chi connectivity index (χ3n) is 12.5. The van der Waals surface area contributed by atoms with Crippen LogP contribution in [-0.4, -0.2) is 45.2 Å². The van der Waals surface area contributed by atoms with Crippen molar-refractivity contribution >= 4 is 5.97 Å². The van der Waals surface area contributed by atoms with Crippen LogP contribution in [0.1, 0.15) is 99.8 Å². The van der Waals surface area contributed by atoms with Gasteiger partial charge in [0.2, 0.25) is 0 Å². The summed E-state index contributed by atoms with van der Waals surface area (Å²) >= 11 is 0. The Bertz CT molecular complexity index is 916. The summed E-state index contributed by atoms with van der Waals surface area (Å²) in [6.07, 6.45) is 8.46. The van der Waals surface area contributed by atoms with Crippen LogP contribution in [0.4, 0.5) is 0 Å². The third kappa shape index (κ3) is 3.39. The Balaban J connectivity index is 1.44. The molecule has 1 saturated heterocycles. The van der Waals surface area contributed by atoms with Crippen molar-refractivity contribution in [3.63, 3.8) is 0 Å². The molecule has 0 bridgehead atoms. The van der Waals surface area contributed by atoms with E-state index in [1.807, 2.05) is 0 Å². The average Bonchev–Trinajstić information content (AvgIpc) is 3.26.